The van der Waals surface area contributed by atoms with Crippen LogP contribution in [0.25, 0.3) is 0 Å². The molecule has 16 heavy (non-hydrogen) atoms. The Morgan fingerprint density at radius 3 is 2.69 bits per heavy atom. The maximum atomic E-state index is 9.32. The highest BCUT2D eigenvalue weighted by atomic mass is 32.1. The summed E-state index contributed by atoms with van der Waals surface area (Å²) in [7, 11) is 0. The van der Waals surface area contributed by atoms with Crippen molar-refractivity contribution in [3.8, 4) is 0 Å². The third-order valence-electron chi connectivity index (χ3n) is 2.32. The minimum Gasteiger partial charge on any atom is -0.394 e. The van der Waals surface area contributed by atoms with Crippen LogP contribution in [0.1, 0.15) is 16.6 Å². The first-order chi connectivity index (χ1) is 7.79. The first-order valence-corrected chi connectivity index (χ1v) is 6.01. The second kappa shape index (κ2) is 5.09. The number of aromatic nitrogens is 1. The Morgan fingerprint density at radius 2 is 2.12 bits per heavy atom. The normalized spacial score (nSPS) is 12.4. The molecule has 2 N–H and O–H groups in total. The zero-order valence-corrected chi connectivity index (χ0v) is 9.87. The van der Waals surface area contributed by atoms with Gasteiger partial charge < -0.3 is 10.4 Å². The van der Waals surface area contributed by atoms with Gasteiger partial charge in [0.1, 0.15) is 11.0 Å². The summed E-state index contributed by atoms with van der Waals surface area (Å²) in [6.07, 6.45) is 1.75. The average Bonchev–Trinajstić information content (AvgIpc) is 2.82. The summed E-state index contributed by atoms with van der Waals surface area (Å²) in [5.41, 5.74) is 2.22. The maximum Gasteiger partial charge on any atom is 0.117 e. The number of hydrogen-bond donors (Lipinski definition) is 2. The maximum absolute atomic E-state index is 9.32. The molecule has 4 heteroatoms. The zero-order chi connectivity index (χ0) is 11.4. The van der Waals surface area contributed by atoms with E-state index in [2.05, 4.69) is 10.3 Å². The smallest absolute Gasteiger partial charge is 0.117 e. The quantitative estimate of drug-likeness (QED) is 0.854. The summed E-state index contributed by atoms with van der Waals surface area (Å²) < 4.78 is 0. The molecule has 1 heterocycles. The first kappa shape index (κ1) is 11.1. The van der Waals surface area contributed by atoms with Gasteiger partial charge in [-0.05, 0) is 19.1 Å². The largest absolute Gasteiger partial charge is 0.394 e. The van der Waals surface area contributed by atoms with Crippen LogP contribution < -0.4 is 5.32 Å². The number of anilines is 1. The summed E-state index contributed by atoms with van der Waals surface area (Å²) in [5, 5.41) is 15.4. The molecule has 1 aromatic heterocycles. The second-order valence-electron chi connectivity index (χ2n) is 3.62. The molecule has 0 amide bonds. The van der Waals surface area contributed by atoms with Gasteiger partial charge in [-0.2, -0.15) is 0 Å². The molecule has 2 aromatic rings. The van der Waals surface area contributed by atoms with Gasteiger partial charge in [0.2, 0.25) is 0 Å². The lowest BCUT2D eigenvalue weighted by Crippen LogP contribution is -2.14. The lowest BCUT2D eigenvalue weighted by atomic mass is 10.2. The molecule has 0 aliphatic heterocycles. The van der Waals surface area contributed by atoms with Crippen molar-refractivity contribution in [2.24, 2.45) is 0 Å². The summed E-state index contributed by atoms with van der Waals surface area (Å²) in [6.45, 7) is 2.09. The third kappa shape index (κ3) is 2.59. The van der Waals surface area contributed by atoms with Crippen LogP contribution in [0.15, 0.2) is 35.8 Å². The Hall–Kier alpha value is -1.39. The first-order valence-electron chi connectivity index (χ1n) is 5.13. The van der Waals surface area contributed by atoms with Crippen molar-refractivity contribution in [3.63, 3.8) is 0 Å². The Morgan fingerprint density at radius 1 is 1.38 bits per heavy atom. The predicted molar refractivity (Wildman–Crippen MR) is 66.7 cm³/mol. The van der Waals surface area contributed by atoms with E-state index >= 15 is 0 Å². The molecule has 3 nitrogen and oxygen atoms in total. The number of rotatable bonds is 4. The molecule has 0 bridgehead atoms. The monoisotopic (exact) mass is 234 g/mol. The molecule has 0 spiro atoms. The Balaban J connectivity index is 2.10. The molecule has 1 unspecified atom stereocenters. The highest BCUT2D eigenvalue weighted by molar-refractivity contribution is 7.09. The number of benzene rings is 1. The van der Waals surface area contributed by atoms with Crippen LogP contribution >= 0.6 is 11.3 Å². The van der Waals surface area contributed by atoms with Crippen LogP contribution in [0, 0.1) is 6.92 Å². The zero-order valence-electron chi connectivity index (χ0n) is 9.05. The topological polar surface area (TPSA) is 45.1 Å². The van der Waals surface area contributed by atoms with Crippen LogP contribution in [-0.4, -0.2) is 16.7 Å². The van der Waals surface area contributed by atoms with Gasteiger partial charge in [-0.1, -0.05) is 17.7 Å². The number of nitrogens with one attached hydrogen (secondary N) is 1. The van der Waals surface area contributed by atoms with Crippen molar-refractivity contribution < 1.29 is 5.11 Å². The molecule has 0 radical (unpaired) electrons. The molecule has 0 aliphatic carbocycles. The van der Waals surface area contributed by atoms with Crippen LogP contribution in [0.2, 0.25) is 0 Å². The van der Waals surface area contributed by atoms with Crippen molar-refractivity contribution >= 4 is 17.0 Å². The molecule has 2 rings (SSSR count). The molecular formula is C12H14N2OS. The van der Waals surface area contributed by atoms with Crippen molar-refractivity contribution in [1.29, 1.82) is 0 Å². The minimum absolute atomic E-state index is 0.0430. The second-order valence-corrected chi connectivity index (χ2v) is 4.54. The highest BCUT2D eigenvalue weighted by Crippen LogP contribution is 2.21. The summed E-state index contributed by atoms with van der Waals surface area (Å²) in [5.74, 6) is 0. The SMILES string of the molecule is Cc1ccc(NC(CO)c2nccs2)cc1. The lowest BCUT2D eigenvalue weighted by molar-refractivity contribution is 0.276. The fraction of sp³-hybridized carbons (Fsp3) is 0.250. The van der Waals surface area contributed by atoms with Crippen molar-refractivity contribution in [2.45, 2.75) is 13.0 Å². The molecule has 1 atom stereocenters. The van der Waals surface area contributed by atoms with E-state index in [1.165, 1.54) is 5.56 Å². The summed E-state index contributed by atoms with van der Waals surface area (Å²) >= 11 is 1.54. The number of nitrogens with zero attached hydrogens (tertiary/aromatic N) is 1. The van der Waals surface area contributed by atoms with E-state index in [0.29, 0.717) is 0 Å². The van der Waals surface area contributed by atoms with E-state index in [0.717, 1.165) is 10.7 Å². The fourth-order valence-electron chi connectivity index (χ4n) is 1.44. The van der Waals surface area contributed by atoms with Gasteiger partial charge in [0.15, 0.2) is 0 Å². The molecule has 1 aromatic carbocycles. The Labute approximate surface area is 98.8 Å². The van der Waals surface area contributed by atoms with Gasteiger partial charge in [0.05, 0.1) is 6.61 Å². The summed E-state index contributed by atoms with van der Waals surface area (Å²) in [6, 6.07) is 7.97. The molecular weight excluding hydrogens is 220 g/mol. The van der Waals surface area contributed by atoms with Crippen LogP contribution in [0.5, 0.6) is 0 Å². The van der Waals surface area contributed by atoms with Gasteiger partial charge in [0, 0.05) is 17.3 Å². The number of hydrogen-bond acceptors (Lipinski definition) is 4. The van der Waals surface area contributed by atoms with Gasteiger partial charge in [-0.25, -0.2) is 4.98 Å². The van der Waals surface area contributed by atoms with E-state index < -0.39 is 0 Å². The molecule has 0 saturated heterocycles. The van der Waals surface area contributed by atoms with E-state index in [4.69, 9.17) is 0 Å². The number of aliphatic hydroxyl groups is 1. The lowest BCUT2D eigenvalue weighted by Gasteiger charge is -2.15. The predicted octanol–water partition coefficient (Wildman–Crippen LogP) is 2.60. The van der Waals surface area contributed by atoms with Crippen molar-refractivity contribution in [2.75, 3.05) is 11.9 Å². The highest BCUT2D eigenvalue weighted by Gasteiger charge is 2.12. The number of aryl methyl sites for hydroxylation is 1. The van der Waals surface area contributed by atoms with Gasteiger partial charge in [0.25, 0.3) is 0 Å². The van der Waals surface area contributed by atoms with Crippen LogP contribution in [0.4, 0.5) is 5.69 Å². The van der Waals surface area contributed by atoms with Crippen LogP contribution in [-0.2, 0) is 0 Å². The molecule has 0 aliphatic rings. The molecule has 84 valence electrons. The minimum atomic E-state index is -0.122. The standard InChI is InChI=1S/C12H14N2OS/c1-9-2-4-10(5-3-9)14-11(8-15)12-13-6-7-16-12/h2-7,11,14-15H,8H2,1H3. The van der Waals surface area contributed by atoms with Gasteiger partial charge in [-0.3, -0.25) is 0 Å². The van der Waals surface area contributed by atoms with E-state index in [1.807, 2.05) is 36.6 Å². The number of thiazole rings is 1. The Kier molecular flexibility index (Phi) is 3.54. The van der Waals surface area contributed by atoms with E-state index in [-0.39, 0.29) is 12.6 Å². The van der Waals surface area contributed by atoms with Crippen molar-refractivity contribution in [1.82, 2.24) is 4.98 Å². The van der Waals surface area contributed by atoms with Crippen LogP contribution in [0.3, 0.4) is 0 Å². The van der Waals surface area contributed by atoms with E-state index in [9.17, 15) is 5.11 Å². The average molecular weight is 234 g/mol. The Bertz CT molecular complexity index is 425. The van der Waals surface area contributed by atoms with Gasteiger partial charge in [-0.15, -0.1) is 11.3 Å². The third-order valence-corrected chi connectivity index (χ3v) is 3.21. The fourth-order valence-corrected chi connectivity index (χ4v) is 2.12. The van der Waals surface area contributed by atoms with Gasteiger partial charge >= 0.3 is 0 Å². The van der Waals surface area contributed by atoms with E-state index in [1.54, 1.807) is 17.5 Å². The molecule has 0 saturated carbocycles. The van der Waals surface area contributed by atoms with Crippen molar-refractivity contribution in [3.05, 3.63) is 46.4 Å². The number of aliphatic hydroxyl groups excluding tert-OH is 1. The molecule has 0 fully saturated rings. The summed E-state index contributed by atoms with van der Waals surface area (Å²) in [4.78, 5) is 4.20.